The van der Waals surface area contributed by atoms with E-state index in [0.29, 0.717) is 6.54 Å². The number of hydrogen-bond donors (Lipinski definition) is 0. The Hall–Kier alpha value is -1.55. The van der Waals surface area contributed by atoms with Gasteiger partial charge in [0.2, 0.25) is 0 Å². The van der Waals surface area contributed by atoms with E-state index in [1.165, 1.54) is 4.90 Å². The monoisotopic (exact) mass is 297 g/mol. The van der Waals surface area contributed by atoms with Crippen molar-refractivity contribution < 1.29 is 14.3 Å². The van der Waals surface area contributed by atoms with Crippen molar-refractivity contribution in [1.29, 1.82) is 0 Å². The number of carbonyl (C=O) groups excluding carboxylic acids is 2. The highest BCUT2D eigenvalue weighted by molar-refractivity contribution is 6.29. The zero-order chi connectivity index (χ0) is 15.2. The van der Waals surface area contributed by atoms with Crippen LogP contribution in [0.2, 0.25) is 0 Å². The molecule has 0 saturated carbocycles. The molecular weight excluding hydrogens is 278 g/mol. The number of likely N-dealkylation sites (N-methyl/N-ethyl adjacent to an activating group) is 1. The van der Waals surface area contributed by atoms with Crippen molar-refractivity contribution in [3.63, 3.8) is 0 Å². The van der Waals surface area contributed by atoms with E-state index in [4.69, 9.17) is 16.3 Å². The fourth-order valence-corrected chi connectivity index (χ4v) is 2.19. The molecule has 1 amide bonds. The maximum atomic E-state index is 12.1. The third kappa shape index (κ3) is 3.97. The topological polar surface area (TPSA) is 46.6 Å². The van der Waals surface area contributed by atoms with Gasteiger partial charge in [-0.25, -0.2) is 4.79 Å². The first-order valence-electron chi connectivity index (χ1n) is 6.51. The van der Waals surface area contributed by atoms with Gasteiger partial charge in [-0.2, -0.15) is 0 Å². The first kappa shape index (κ1) is 16.5. The van der Waals surface area contributed by atoms with E-state index in [1.807, 2.05) is 30.3 Å². The van der Waals surface area contributed by atoms with Gasteiger partial charge in [0.15, 0.2) is 5.78 Å². The van der Waals surface area contributed by atoms with Crippen LogP contribution in [0.15, 0.2) is 30.3 Å². The zero-order valence-electron chi connectivity index (χ0n) is 12.1. The second-order valence-corrected chi connectivity index (χ2v) is 5.17. The van der Waals surface area contributed by atoms with Crippen molar-refractivity contribution in [1.82, 2.24) is 4.90 Å². The SMILES string of the molecule is CCN(C(=O)OCc1ccccc1)C(C)(C)C(=O)CCl. The summed E-state index contributed by atoms with van der Waals surface area (Å²) < 4.78 is 5.25. The molecule has 0 heterocycles. The minimum atomic E-state index is -0.968. The number of Topliss-reactive ketones (excluding diaryl/α,β-unsaturated/α-hetero) is 1. The Morgan fingerprint density at radius 2 is 1.85 bits per heavy atom. The molecule has 20 heavy (non-hydrogen) atoms. The average molecular weight is 298 g/mol. The lowest BCUT2D eigenvalue weighted by molar-refractivity contribution is -0.126. The minimum absolute atomic E-state index is 0.129. The zero-order valence-corrected chi connectivity index (χ0v) is 12.8. The molecule has 0 fully saturated rings. The van der Waals surface area contributed by atoms with Crippen LogP contribution in [-0.2, 0) is 16.1 Å². The molecule has 0 aliphatic carbocycles. The molecule has 0 atom stereocenters. The summed E-state index contributed by atoms with van der Waals surface area (Å²) in [7, 11) is 0. The Morgan fingerprint density at radius 3 is 2.35 bits per heavy atom. The molecule has 0 spiro atoms. The van der Waals surface area contributed by atoms with E-state index in [-0.39, 0.29) is 18.3 Å². The number of carbonyl (C=O) groups is 2. The molecular formula is C15H20ClNO3. The van der Waals surface area contributed by atoms with Crippen LogP contribution in [0, 0.1) is 0 Å². The number of alkyl halides is 1. The lowest BCUT2D eigenvalue weighted by atomic mass is 9.98. The average Bonchev–Trinajstić information content (AvgIpc) is 2.45. The standard InChI is InChI=1S/C15H20ClNO3/c1-4-17(15(2,3)13(18)10-16)14(19)20-11-12-8-6-5-7-9-12/h5-9H,4,10-11H2,1-3H3. The van der Waals surface area contributed by atoms with E-state index in [9.17, 15) is 9.59 Å². The third-order valence-corrected chi connectivity index (χ3v) is 3.46. The van der Waals surface area contributed by atoms with E-state index in [0.717, 1.165) is 5.56 Å². The van der Waals surface area contributed by atoms with Crippen LogP contribution >= 0.6 is 11.6 Å². The van der Waals surface area contributed by atoms with Gasteiger partial charge in [0, 0.05) is 6.54 Å². The van der Waals surface area contributed by atoms with E-state index in [1.54, 1.807) is 20.8 Å². The second-order valence-electron chi connectivity index (χ2n) is 4.90. The highest BCUT2D eigenvalue weighted by atomic mass is 35.5. The van der Waals surface area contributed by atoms with Crippen molar-refractivity contribution in [3.8, 4) is 0 Å². The second kappa shape index (κ2) is 7.29. The van der Waals surface area contributed by atoms with Gasteiger partial charge in [0.05, 0.1) is 5.88 Å². The minimum Gasteiger partial charge on any atom is -0.445 e. The Kier molecular flexibility index (Phi) is 6.02. The van der Waals surface area contributed by atoms with Gasteiger partial charge in [-0.1, -0.05) is 30.3 Å². The van der Waals surface area contributed by atoms with Gasteiger partial charge in [0.1, 0.15) is 12.1 Å². The molecule has 0 bridgehead atoms. The summed E-state index contributed by atoms with van der Waals surface area (Å²) in [5, 5.41) is 0. The number of halogens is 1. The fraction of sp³-hybridized carbons (Fsp3) is 0.467. The van der Waals surface area contributed by atoms with Crippen molar-refractivity contribution in [2.75, 3.05) is 12.4 Å². The number of benzene rings is 1. The lowest BCUT2D eigenvalue weighted by Crippen LogP contribution is -2.53. The van der Waals surface area contributed by atoms with Crippen LogP contribution in [0.4, 0.5) is 4.79 Å². The Labute approximate surface area is 124 Å². The maximum Gasteiger partial charge on any atom is 0.410 e. The van der Waals surface area contributed by atoms with Crippen LogP contribution in [0.1, 0.15) is 26.3 Å². The van der Waals surface area contributed by atoms with Crippen molar-refractivity contribution in [3.05, 3.63) is 35.9 Å². The predicted octanol–water partition coefficient (Wildman–Crippen LogP) is 3.23. The molecule has 110 valence electrons. The molecule has 5 heteroatoms. The van der Waals surface area contributed by atoms with E-state index < -0.39 is 11.6 Å². The number of rotatable bonds is 6. The van der Waals surface area contributed by atoms with Crippen LogP contribution in [0.3, 0.4) is 0 Å². The van der Waals surface area contributed by atoms with E-state index in [2.05, 4.69) is 0 Å². The smallest absolute Gasteiger partial charge is 0.410 e. The number of nitrogens with zero attached hydrogens (tertiary/aromatic N) is 1. The highest BCUT2D eigenvalue weighted by Gasteiger charge is 2.36. The molecule has 0 aromatic heterocycles. The normalized spacial score (nSPS) is 11.0. The van der Waals surface area contributed by atoms with Crippen molar-refractivity contribution in [2.45, 2.75) is 32.9 Å². The fourth-order valence-electron chi connectivity index (χ4n) is 1.86. The Bertz CT molecular complexity index is 459. The first-order valence-corrected chi connectivity index (χ1v) is 7.04. The van der Waals surface area contributed by atoms with Gasteiger partial charge in [0.25, 0.3) is 0 Å². The number of hydrogen-bond acceptors (Lipinski definition) is 3. The third-order valence-electron chi connectivity index (χ3n) is 3.22. The van der Waals surface area contributed by atoms with Crippen LogP contribution in [0.5, 0.6) is 0 Å². The summed E-state index contributed by atoms with van der Waals surface area (Å²) in [5.41, 5.74) is -0.0667. The molecule has 0 radical (unpaired) electrons. The van der Waals surface area contributed by atoms with Gasteiger partial charge < -0.3 is 4.74 Å². The molecule has 1 aromatic rings. The summed E-state index contributed by atoms with van der Waals surface area (Å²) >= 11 is 5.59. The quantitative estimate of drug-likeness (QED) is 0.757. The van der Waals surface area contributed by atoms with Gasteiger partial charge in [-0.15, -0.1) is 11.6 Å². The van der Waals surface area contributed by atoms with Gasteiger partial charge in [-0.05, 0) is 26.3 Å². The molecule has 1 rings (SSSR count). The lowest BCUT2D eigenvalue weighted by Gasteiger charge is -2.35. The first-order chi connectivity index (χ1) is 9.43. The van der Waals surface area contributed by atoms with Crippen LogP contribution < -0.4 is 0 Å². The number of ketones is 1. The molecule has 1 aromatic carbocycles. The largest absolute Gasteiger partial charge is 0.445 e. The Balaban J connectivity index is 2.70. The molecule has 0 N–H and O–H groups in total. The van der Waals surface area contributed by atoms with Crippen molar-refractivity contribution >= 4 is 23.5 Å². The van der Waals surface area contributed by atoms with Gasteiger partial charge in [-0.3, -0.25) is 9.69 Å². The van der Waals surface area contributed by atoms with E-state index >= 15 is 0 Å². The maximum absolute atomic E-state index is 12.1. The molecule has 4 nitrogen and oxygen atoms in total. The van der Waals surface area contributed by atoms with Crippen LogP contribution in [0.25, 0.3) is 0 Å². The van der Waals surface area contributed by atoms with Crippen molar-refractivity contribution in [2.24, 2.45) is 0 Å². The number of ether oxygens (including phenoxy) is 1. The highest BCUT2D eigenvalue weighted by Crippen LogP contribution is 2.18. The predicted molar refractivity (Wildman–Crippen MR) is 78.8 cm³/mol. The molecule has 0 aliphatic rings. The molecule has 0 saturated heterocycles. The molecule has 0 unspecified atom stereocenters. The summed E-state index contributed by atoms with van der Waals surface area (Å²) in [6.07, 6.45) is -0.514. The number of amides is 1. The summed E-state index contributed by atoms with van der Waals surface area (Å²) in [6.45, 7) is 5.70. The Morgan fingerprint density at radius 1 is 1.25 bits per heavy atom. The summed E-state index contributed by atoms with van der Waals surface area (Å²) in [5.74, 6) is -0.340. The summed E-state index contributed by atoms with van der Waals surface area (Å²) in [4.78, 5) is 25.3. The van der Waals surface area contributed by atoms with Crippen LogP contribution in [-0.4, -0.2) is 34.7 Å². The molecule has 0 aliphatic heterocycles. The summed E-state index contributed by atoms with van der Waals surface area (Å²) in [6, 6.07) is 9.40. The van der Waals surface area contributed by atoms with Gasteiger partial charge >= 0.3 is 6.09 Å².